The van der Waals surface area contributed by atoms with Crippen molar-refractivity contribution in [2.75, 3.05) is 13.2 Å². The van der Waals surface area contributed by atoms with Crippen LogP contribution in [0.25, 0.3) is 22.0 Å². The first kappa shape index (κ1) is 21.4. The molecule has 3 aromatic rings. The molecule has 1 N–H and O–H groups in total. The van der Waals surface area contributed by atoms with Crippen LogP contribution >= 0.6 is 0 Å². The summed E-state index contributed by atoms with van der Waals surface area (Å²) in [5, 5.41) is 3.40. The van der Waals surface area contributed by atoms with Crippen molar-refractivity contribution in [1.29, 1.82) is 0 Å². The lowest BCUT2D eigenvalue weighted by molar-refractivity contribution is -0.141. The molecule has 0 bridgehead atoms. The van der Waals surface area contributed by atoms with E-state index in [0.29, 0.717) is 35.7 Å². The number of hydrogen-bond acceptors (Lipinski definition) is 5. The number of nitrogens with zero attached hydrogens (tertiary/aromatic N) is 1. The molecule has 0 aliphatic carbocycles. The third-order valence-electron chi connectivity index (χ3n) is 6.14. The number of hydrogen-bond donors (Lipinski definition) is 1. The van der Waals surface area contributed by atoms with Gasteiger partial charge in [-0.05, 0) is 44.0 Å². The van der Waals surface area contributed by atoms with Gasteiger partial charge in [0.1, 0.15) is 18.5 Å². The first-order valence-corrected chi connectivity index (χ1v) is 10.9. The van der Waals surface area contributed by atoms with Crippen LogP contribution in [0.5, 0.6) is 5.75 Å². The number of ether oxygens (including phenoxy) is 3. The van der Waals surface area contributed by atoms with Crippen LogP contribution in [0.15, 0.2) is 48.7 Å². The van der Waals surface area contributed by atoms with Gasteiger partial charge in [0.2, 0.25) is 0 Å². The van der Waals surface area contributed by atoms with E-state index in [1.165, 1.54) is 0 Å². The Morgan fingerprint density at radius 1 is 1.06 bits per heavy atom. The van der Waals surface area contributed by atoms with Crippen LogP contribution in [-0.2, 0) is 26.1 Å². The van der Waals surface area contributed by atoms with E-state index >= 15 is 0 Å². The summed E-state index contributed by atoms with van der Waals surface area (Å²) in [4.78, 5) is 25.9. The minimum Gasteiger partial charge on any atom is -0.490 e. The summed E-state index contributed by atoms with van der Waals surface area (Å²) in [5.41, 5.74) is 3.92. The zero-order chi connectivity index (χ0) is 23.3. The summed E-state index contributed by atoms with van der Waals surface area (Å²) in [6, 6.07) is 13.4. The van der Waals surface area contributed by atoms with Crippen molar-refractivity contribution in [3.8, 4) is 5.75 Å². The molecule has 170 valence electrons. The quantitative estimate of drug-likeness (QED) is 0.606. The predicted octanol–water partition coefficient (Wildman–Crippen LogP) is 3.58. The molecular weight excluding hydrogens is 420 g/mol. The normalized spacial score (nSPS) is 20.1. The first-order valence-electron chi connectivity index (χ1n) is 10.9. The van der Waals surface area contributed by atoms with E-state index in [9.17, 15) is 9.59 Å². The van der Waals surface area contributed by atoms with E-state index in [4.69, 9.17) is 14.2 Å². The van der Waals surface area contributed by atoms with Crippen molar-refractivity contribution >= 4 is 33.9 Å². The van der Waals surface area contributed by atoms with Crippen molar-refractivity contribution in [3.05, 3.63) is 65.4 Å². The number of nitrogens with one attached hydrogen (secondary N) is 1. The molecule has 1 saturated heterocycles. The van der Waals surface area contributed by atoms with Gasteiger partial charge in [-0.1, -0.05) is 30.3 Å². The molecule has 2 aromatic carbocycles. The zero-order valence-corrected chi connectivity index (χ0v) is 19.1. The maximum atomic E-state index is 12.9. The number of benzene rings is 2. The molecule has 1 fully saturated rings. The van der Waals surface area contributed by atoms with Crippen molar-refractivity contribution < 1.29 is 23.8 Å². The Kier molecular flexibility index (Phi) is 5.11. The van der Waals surface area contributed by atoms with E-state index in [2.05, 4.69) is 5.32 Å². The molecule has 1 atom stereocenters. The van der Waals surface area contributed by atoms with Gasteiger partial charge in [0.05, 0.1) is 17.8 Å². The number of para-hydroxylation sites is 1. The maximum absolute atomic E-state index is 12.9. The van der Waals surface area contributed by atoms with Gasteiger partial charge in [-0.3, -0.25) is 14.9 Å². The molecule has 0 spiro atoms. The Bertz CT molecular complexity index is 1320. The lowest BCUT2D eigenvalue weighted by Gasteiger charge is -2.18. The SMILES string of the molecule is Cc1c(OCC2COC(C)(C)O2)cccc1C1=C(c2cn(C)c3ccccc23)C(=O)NC1=O. The van der Waals surface area contributed by atoms with Crippen LogP contribution in [0.3, 0.4) is 0 Å². The zero-order valence-electron chi connectivity index (χ0n) is 19.1. The summed E-state index contributed by atoms with van der Waals surface area (Å²) in [6.07, 6.45) is 1.72. The van der Waals surface area contributed by atoms with Crippen molar-refractivity contribution in [1.82, 2.24) is 9.88 Å². The molecule has 1 aromatic heterocycles. The summed E-state index contributed by atoms with van der Waals surface area (Å²) < 4.78 is 19.4. The molecular formula is C26H26N2O5. The molecule has 3 heterocycles. The highest BCUT2D eigenvalue weighted by Crippen LogP contribution is 2.38. The fraction of sp³-hybridized carbons (Fsp3) is 0.308. The predicted molar refractivity (Wildman–Crippen MR) is 124 cm³/mol. The van der Waals surface area contributed by atoms with E-state index < -0.39 is 17.6 Å². The van der Waals surface area contributed by atoms with Gasteiger partial charge in [0, 0.05) is 29.7 Å². The number of aryl methyl sites for hydroxylation is 1. The second kappa shape index (κ2) is 7.86. The number of carbonyl (C=O) groups is 2. The van der Waals surface area contributed by atoms with Crippen molar-refractivity contribution in [2.24, 2.45) is 7.05 Å². The third-order valence-corrected chi connectivity index (χ3v) is 6.14. The summed E-state index contributed by atoms with van der Waals surface area (Å²) >= 11 is 0. The van der Waals surface area contributed by atoms with Crippen LogP contribution in [-0.4, -0.2) is 41.5 Å². The second-order valence-corrected chi connectivity index (χ2v) is 8.89. The molecule has 2 aliphatic heterocycles. The van der Waals surface area contributed by atoms with Gasteiger partial charge in [-0.2, -0.15) is 0 Å². The summed E-state index contributed by atoms with van der Waals surface area (Å²) in [5.74, 6) is -0.781. The molecule has 5 rings (SSSR count). The summed E-state index contributed by atoms with van der Waals surface area (Å²) in [6.45, 7) is 6.42. The third kappa shape index (κ3) is 3.73. The van der Waals surface area contributed by atoms with Gasteiger partial charge in [-0.25, -0.2) is 0 Å². The molecule has 0 radical (unpaired) electrons. The van der Waals surface area contributed by atoms with Gasteiger partial charge < -0.3 is 18.8 Å². The standard InChI is InChI=1S/C26H26N2O5/c1-15-17(9-7-11-21(15)31-13-16-14-32-26(2,3)33-16)22-23(25(30)27-24(22)29)19-12-28(4)20-10-6-5-8-18(19)20/h5-12,16H,13-14H2,1-4H3,(H,27,29,30). The Hall–Kier alpha value is -3.42. The highest BCUT2D eigenvalue weighted by molar-refractivity contribution is 6.50. The largest absolute Gasteiger partial charge is 0.490 e. The van der Waals surface area contributed by atoms with Crippen molar-refractivity contribution in [2.45, 2.75) is 32.7 Å². The smallest absolute Gasteiger partial charge is 0.259 e. The molecule has 2 amide bonds. The van der Waals surface area contributed by atoms with Crippen LogP contribution < -0.4 is 10.1 Å². The van der Waals surface area contributed by atoms with E-state index in [1.807, 2.05) is 81.0 Å². The fourth-order valence-corrected chi connectivity index (χ4v) is 4.58. The maximum Gasteiger partial charge on any atom is 0.259 e. The second-order valence-electron chi connectivity index (χ2n) is 8.89. The number of rotatable bonds is 5. The number of amides is 2. The number of aromatic nitrogens is 1. The minimum absolute atomic E-state index is 0.176. The number of fused-ring (bicyclic) bond motifs is 1. The monoisotopic (exact) mass is 446 g/mol. The summed E-state index contributed by atoms with van der Waals surface area (Å²) in [7, 11) is 1.93. The molecule has 7 heteroatoms. The van der Waals surface area contributed by atoms with Crippen LogP contribution in [0, 0.1) is 6.92 Å². The molecule has 33 heavy (non-hydrogen) atoms. The average Bonchev–Trinajstić information content (AvgIpc) is 3.39. The molecule has 0 saturated carbocycles. The lowest BCUT2D eigenvalue weighted by atomic mass is 9.93. The van der Waals surface area contributed by atoms with Gasteiger partial charge in [-0.15, -0.1) is 0 Å². The highest BCUT2D eigenvalue weighted by Gasteiger charge is 2.35. The van der Waals surface area contributed by atoms with Gasteiger partial charge >= 0.3 is 0 Å². The Balaban J connectivity index is 1.55. The number of carbonyl (C=O) groups excluding carboxylic acids is 2. The fourth-order valence-electron chi connectivity index (χ4n) is 4.58. The van der Waals surface area contributed by atoms with E-state index in [1.54, 1.807) is 0 Å². The lowest BCUT2D eigenvalue weighted by Crippen LogP contribution is -2.25. The highest BCUT2D eigenvalue weighted by atomic mass is 16.7. The molecule has 1 unspecified atom stereocenters. The van der Waals surface area contributed by atoms with Crippen LogP contribution in [0.1, 0.15) is 30.5 Å². The Morgan fingerprint density at radius 2 is 1.79 bits per heavy atom. The Labute approximate surface area is 191 Å². The topological polar surface area (TPSA) is 78.8 Å². The van der Waals surface area contributed by atoms with E-state index in [0.717, 1.165) is 22.0 Å². The van der Waals surface area contributed by atoms with Gasteiger partial charge in [0.25, 0.3) is 11.8 Å². The molecule has 7 nitrogen and oxygen atoms in total. The number of imide groups is 1. The Morgan fingerprint density at radius 3 is 2.52 bits per heavy atom. The van der Waals surface area contributed by atoms with Crippen molar-refractivity contribution in [3.63, 3.8) is 0 Å². The first-order chi connectivity index (χ1) is 15.7. The minimum atomic E-state index is -0.620. The average molecular weight is 447 g/mol. The van der Waals surface area contributed by atoms with Gasteiger partial charge in [0.15, 0.2) is 5.79 Å². The van der Waals surface area contributed by atoms with Crippen LogP contribution in [0.2, 0.25) is 0 Å². The van der Waals surface area contributed by atoms with E-state index in [-0.39, 0.29) is 6.10 Å². The van der Waals surface area contributed by atoms with Crippen LogP contribution in [0.4, 0.5) is 0 Å². The molecule has 2 aliphatic rings.